The maximum atomic E-state index is 12.6. The van der Waals surface area contributed by atoms with Crippen LogP contribution in [-0.2, 0) is 4.74 Å². The van der Waals surface area contributed by atoms with Crippen LogP contribution < -0.4 is 5.32 Å². The number of carbonyl (C=O) groups excluding carboxylic acids is 2. The van der Waals surface area contributed by atoms with E-state index in [0.29, 0.717) is 24.0 Å². The molecule has 0 radical (unpaired) electrons. The molecule has 4 rings (SSSR count). The van der Waals surface area contributed by atoms with E-state index < -0.39 is 18.2 Å². The van der Waals surface area contributed by atoms with Gasteiger partial charge in [0, 0.05) is 5.56 Å². The first-order chi connectivity index (χ1) is 14.5. The number of nitrogens with one attached hydrogen (secondary N) is 1. The van der Waals surface area contributed by atoms with Crippen LogP contribution in [0.15, 0.2) is 60.7 Å². The second-order valence-corrected chi connectivity index (χ2v) is 7.53. The number of benzene rings is 3. The number of hydrogen-bond acceptors (Lipinski definition) is 5. The molecule has 0 unspecified atom stereocenters. The summed E-state index contributed by atoms with van der Waals surface area (Å²) in [4.78, 5) is 24.3. The van der Waals surface area contributed by atoms with Crippen LogP contribution in [0.1, 0.15) is 33.6 Å². The summed E-state index contributed by atoms with van der Waals surface area (Å²) in [7, 11) is 1.35. The molecule has 6 heteroatoms. The van der Waals surface area contributed by atoms with Gasteiger partial charge in [-0.2, -0.15) is 0 Å². The highest BCUT2D eigenvalue weighted by Crippen LogP contribution is 2.30. The van der Waals surface area contributed by atoms with Crippen LogP contribution in [0, 0.1) is 0 Å². The third-order valence-corrected chi connectivity index (χ3v) is 5.66. The number of aliphatic hydroxyl groups excluding tert-OH is 2. The van der Waals surface area contributed by atoms with Gasteiger partial charge < -0.3 is 20.3 Å². The minimum absolute atomic E-state index is 0.275. The first kappa shape index (κ1) is 20.1. The van der Waals surface area contributed by atoms with Gasteiger partial charge in [-0.15, -0.1) is 0 Å². The summed E-state index contributed by atoms with van der Waals surface area (Å²) in [6, 6.07) is 18.1. The van der Waals surface area contributed by atoms with Crippen molar-refractivity contribution in [1.29, 1.82) is 0 Å². The van der Waals surface area contributed by atoms with Gasteiger partial charge in [0.1, 0.15) is 6.10 Å². The summed E-state index contributed by atoms with van der Waals surface area (Å²) in [5.74, 6) is -0.655. The standard InChI is InChI=1S/C24H23NO5/c1-30-24(29)15-7-5-14(6-8-15)18-4-2-3-16-13-17(9-10-19(16)18)23(28)25-20-11-12-21(26)22(20)27/h2-10,13,20-22,26-27H,11-12H2,1H3,(H,25,28)/t20-,21-,22+/m1/s1. The van der Waals surface area contributed by atoms with E-state index in [1.54, 1.807) is 18.2 Å². The van der Waals surface area contributed by atoms with E-state index >= 15 is 0 Å². The molecular formula is C24H23NO5. The number of esters is 1. The number of hydrogen-bond donors (Lipinski definition) is 3. The number of fused-ring (bicyclic) bond motifs is 1. The molecule has 3 aromatic carbocycles. The van der Waals surface area contributed by atoms with Gasteiger partial charge in [-0.3, -0.25) is 4.79 Å². The molecule has 30 heavy (non-hydrogen) atoms. The first-order valence-corrected chi connectivity index (χ1v) is 9.86. The highest BCUT2D eigenvalue weighted by molar-refractivity contribution is 6.03. The fourth-order valence-electron chi connectivity index (χ4n) is 3.95. The second-order valence-electron chi connectivity index (χ2n) is 7.53. The lowest BCUT2D eigenvalue weighted by atomic mass is 9.96. The lowest BCUT2D eigenvalue weighted by molar-refractivity contribution is 0.0296. The molecule has 1 fully saturated rings. The van der Waals surface area contributed by atoms with Gasteiger partial charge in [0.05, 0.1) is 24.8 Å². The quantitative estimate of drug-likeness (QED) is 0.580. The Morgan fingerprint density at radius 3 is 2.37 bits per heavy atom. The predicted molar refractivity (Wildman–Crippen MR) is 113 cm³/mol. The van der Waals surface area contributed by atoms with Crippen LogP contribution in [0.4, 0.5) is 0 Å². The fourth-order valence-corrected chi connectivity index (χ4v) is 3.95. The van der Waals surface area contributed by atoms with Gasteiger partial charge in [0.15, 0.2) is 0 Å². The van der Waals surface area contributed by atoms with E-state index in [1.165, 1.54) is 7.11 Å². The molecular weight excluding hydrogens is 382 g/mol. The zero-order valence-corrected chi connectivity index (χ0v) is 16.5. The van der Waals surface area contributed by atoms with E-state index in [-0.39, 0.29) is 11.9 Å². The van der Waals surface area contributed by atoms with Crippen LogP contribution in [-0.4, -0.2) is 47.4 Å². The van der Waals surface area contributed by atoms with Gasteiger partial charge in [0.25, 0.3) is 5.91 Å². The normalized spacial score (nSPS) is 20.8. The Balaban J connectivity index is 1.60. The Morgan fingerprint density at radius 2 is 1.70 bits per heavy atom. The highest BCUT2D eigenvalue weighted by Gasteiger charge is 2.34. The molecule has 0 aliphatic heterocycles. The molecule has 154 valence electrons. The molecule has 6 nitrogen and oxygen atoms in total. The molecule has 0 heterocycles. The van der Waals surface area contributed by atoms with Crippen LogP contribution in [0.3, 0.4) is 0 Å². The Labute approximate surface area is 174 Å². The van der Waals surface area contributed by atoms with Crippen molar-refractivity contribution in [3.8, 4) is 11.1 Å². The summed E-state index contributed by atoms with van der Waals surface area (Å²) < 4.78 is 4.74. The van der Waals surface area contributed by atoms with Gasteiger partial charge in [0.2, 0.25) is 0 Å². The van der Waals surface area contributed by atoms with Crippen molar-refractivity contribution in [2.45, 2.75) is 31.1 Å². The molecule has 3 aromatic rings. The smallest absolute Gasteiger partial charge is 0.337 e. The molecule has 1 aliphatic rings. The summed E-state index contributed by atoms with van der Waals surface area (Å²) in [5, 5.41) is 24.3. The Kier molecular flexibility index (Phi) is 5.53. The summed E-state index contributed by atoms with van der Waals surface area (Å²) in [6.07, 6.45) is -0.705. The van der Waals surface area contributed by atoms with Crippen LogP contribution in [0.5, 0.6) is 0 Å². The van der Waals surface area contributed by atoms with Crippen molar-refractivity contribution in [2.75, 3.05) is 7.11 Å². The van der Waals surface area contributed by atoms with Crippen LogP contribution in [0.25, 0.3) is 21.9 Å². The first-order valence-electron chi connectivity index (χ1n) is 9.86. The highest BCUT2D eigenvalue weighted by atomic mass is 16.5. The topological polar surface area (TPSA) is 95.9 Å². The number of methoxy groups -OCH3 is 1. The van der Waals surface area contributed by atoms with Gasteiger partial charge >= 0.3 is 5.97 Å². The number of carbonyl (C=O) groups is 2. The van der Waals surface area contributed by atoms with Gasteiger partial charge in [-0.25, -0.2) is 4.79 Å². The number of aliphatic hydroxyl groups is 2. The van der Waals surface area contributed by atoms with Crippen LogP contribution in [0.2, 0.25) is 0 Å². The fraction of sp³-hybridized carbons (Fsp3) is 0.250. The number of rotatable bonds is 4. The predicted octanol–water partition coefficient (Wildman–Crippen LogP) is 2.91. The van der Waals surface area contributed by atoms with Crippen molar-refractivity contribution in [3.63, 3.8) is 0 Å². The molecule has 1 amide bonds. The summed E-state index contributed by atoms with van der Waals surface area (Å²) in [6.45, 7) is 0. The minimum Gasteiger partial charge on any atom is -0.465 e. The maximum Gasteiger partial charge on any atom is 0.337 e. The molecule has 3 N–H and O–H groups in total. The Bertz CT molecular complexity index is 1090. The monoisotopic (exact) mass is 405 g/mol. The molecule has 0 saturated heterocycles. The molecule has 1 saturated carbocycles. The largest absolute Gasteiger partial charge is 0.465 e. The van der Waals surface area contributed by atoms with E-state index in [1.807, 2.05) is 42.5 Å². The minimum atomic E-state index is -0.936. The third kappa shape index (κ3) is 3.79. The lowest BCUT2D eigenvalue weighted by Gasteiger charge is -2.18. The Hall–Kier alpha value is -3.22. The number of ether oxygens (including phenoxy) is 1. The third-order valence-electron chi connectivity index (χ3n) is 5.66. The molecule has 0 aromatic heterocycles. The average molecular weight is 405 g/mol. The number of amides is 1. The van der Waals surface area contributed by atoms with Crippen molar-refractivity contribution < 1.29 is 24.5 Å². The molecule has 3 atom stereocenters. The van der Waals surface area contributed by atoms with E-state index in [2.05, 4.69) is 5.32 Å². The van der Waals surface area contributed by atoms with Crippen LogP contribution >= 0.6 is 0 Å². The van der Waals surface area contributed by atoms with E-state index in [0.717, 1.165) is 21.9 Å². The second kappa shape index (κ2) is 8.26. The average Bonchev–Trinajstić information content (AvgIpc) is 3.10. The summed E-state index contributed by atoms with van der Waals surface area (Å²) in [5.41, 5.74) is 2.92. The molecule has 0 bridgehead atoms. The van der Waals surface area contributed by atoms with E-state index in [9.17, 15) is 19.8 Å². The van der Waals surface area contributed by atoms with Crippen molar-refractivity contribution >= 4 is 22.6 Å². The SMILES string of the molecule is COC(=O)c1ccc(-c2cccc3cc(C(=O)N[C@@H]4CC[C@@H](O)[C@H]4O)ccc23)cc1. The summed E-state index contributed by atoms with van der Waals surface area (Å²) >= 11 is 0. The van der Waals surface area contributed by atoms with Gasteiger partial charge in [-0.1, -0.05) is 36.4 Å². The van der Waals surface area contributed by atoms with Gasteiger partial charge in [-0.05, 0) is 59.0 Å². The molecule has 0 spiro atoms. The zero-order chi connectivity index (χ0) is 21.3. The zero-order valence-electron chi connectivity index (χ0n) is 16.5. The maximum absolute atomic E-state index is 12.6. The van der Waals surface area contributed by atoms with Crippen molar-refractivity contribution in [3.05, 3.63) is 71.8 Å². The van der Waals surface area contributed by atoms with Crippen molar-refractivity contribution in [1.82, 2.24) is 5.32 Å². The molecule has 1 aliphatic carbocycles. The lowest BCUT2D eigenvalue weighted by Crippen LogP contribution is -2.42. The van der Waals surface area contributed by atoms with Crippen molar-refractivity contribution in [2.24, 2.45) is 0 Å². The Morgan fingerprint density at radius 1 is 0.967 bits per heavy atom. The van der Waals surface area contributed by atoms with E-state index in [4.69, 9.17) is 4.74 Å².